The minimum Gasteiger partial charge on any atom is -0.508 e. The van der Waals surface area contributed by atoms with Crippen LogP contribution in [0, 0.1) is 0 Å². The minimum atomic E-state index is -1.27. The number of aromatic hydroxyl groups is 1. The van der Waals surface area contributed by atoms with Crippen LogP contribution in [-0.4, -0.2) is 20.7 Å². The third-order valence-corrected chi connectivity index (χ3v) is 5.33. The van der Waals surface area contributed by atoms with E-state index in [2.05, 4.69) is 5.32 Å². The molecule has 1 unspecified atom stereocenters. The first-order chi connectivity index (χ1) is 12.5. The smallest absolute Gasteiger partial charge is 0.341 e. The van der Waals surface area contributed by atoms with Crippen LogP contribution in [0.3, 0.4) is 0 Å². The fraction of sp³-hybridized carbons (Fsp3) is 0.0526. The van der Waals surface area contributed by atoms with Crippen LogP contribution in [-0.2, 0) is 0 Å². The fourth-order valence-corrected chi connectivity index (χ4v) is 4.02. The molecule has 1 aliphatic heterocycles. The molecule has 2 aromatic carbocycles. The maximum Gasteiger partial charge on any atom is 0.341 e. The minimum absolute atomic E-state index is 0.107. The van der Waals surface area contributed by atoms with Gasteiger partial charge in [-0.2, -0.15) is 0 Å². The van der Waals surface area contributed by atoms with E-state index in [-0.39, 0.29) is 16.7 Å². The Balaban J connectivity index is 1.86. The number of rotatable bonds is 3. The van der Waals surface area contributed by atoms with Crippen LogP contribution in [0.5, 0.6) is 5.75 Å². The second kappa shape index (κ2) is 6.27. The average molecular weight is 366 g/mol. The Morgan fingerprint density at radius 2 is 1.85 bits per heavy atom. The van der Waals surface area contributed by atoms with E-state index < -0.39 is 11.4 Å². The number of nitrogens with one attached hydrogen (secondary N) is 1. The summed E-state index contributed by atoms with van der Waals surface area (Å²) < 4.78 is 1.67. The lowest BCUT2D eigenvalue weighted by Gasteiger charge is -2.19. The highest BCUT2D eigenvalue weighted by Crippen LogP contribution is 2.46. The van der Waals surface area contributed by atoms with Crippen LogP contribution < -0.4 is 10.7 Å². The molecule has 0 amide bonds. The lowest BCUT2D eigenvalue weighted by molar-refractivity contribution is 0.0694. The van der Waals surface area contributed by atoms with Gasteiger partial charge in [-0.3, -0.25) is 4.79 Å². The summed E-state index contributed by atoms with van der Waals surface area (Å²) in [6.07, 6.45) is 1.33. The van der Waals surface area contributed by atoms with E-state index in [1.54, 1.807) is 28.5 Å². The second-order valence-corrected chi connectivity index (χ2v) is 6.95. The highest BCUT2D eigenvalue weighted by Gasteiger charge is 2.26. The number of carboxylic acids is 1. The summed E-state index contributed by atoms with van der Waals surface area (Å²) in [5.41, 5.74) is 1.41. The van der Waals surface area contributed by atoms with Crippen molar-refractivity contribution in [2.24, 2.45) is 0 Å². The van der Waals surface area contributed by atoms with Crippen LogP contribution in [0.25, 0.3) is 5.69 Å². The molecular weight excluding hydrogens is 352 g/mol. The number of pyridine rings is 1. The van der Waals surface area contributed by atoms with Crippen molar-refractivity contribution in [3.05, 3.63) is 82.3 Å². The third kappa shape index (κ3) is 2.82. The molecule has 1 aliphatic rings. The van der Waals surface area contributed by atoms with Gasteiger partial charge in [-0.1, -0.05) is 23.9 Å². The molecule has 0 saturated carbocycles. The van der Waals surface area contributed by atoms with Gasteiger partial charge in [-0.05, 0) is 36.4 Å². The van der Waals surface area contributed by atoms with Crippen LogP contribution >= 0.6 is 11.8 Å². The number of aromatic nitrogens is 1. The van der Waals surface area contributed by atoms with Crippen molar-refractivity contribution in [2.75, 3.05) is 5.32 Å². The zero-order valence-corrected chi connectivity index (χ0v) is 14.2. The quantitative estimate of drug-likeness (QED) is 0.658. The average Bonchev–Trinajstić information content (AvgIpc) is 3.06. The van der Waals surface area contributed by atoms with Crippen molar-refractivity contribution in [1.29, 1.82) is 0 Å². The Morgan fingerprint density at radius 3 is 2.54 bits per heavy atom. The molecular formula is C19H14N2O4S. The highest BCUT2D eigenvalue weighted by molar-refractivity contribution is 8.00. The maximum absolute atomic E-state index is 12.3. The van der Waals surface area contributed by atoms with E-state index in [4.69, 9.17) is 0 Å². The molecule has 4 rings (SSSR count). The van der Waals surface area contributed by atoms with Gasteiger partial charge < -0.3 is 20.1 Å². The number of carboxylic acid groups (broad SMARTS) is 1. The van der Waals surface area contributed by atoms with E-state index in [1.165, 1.54) is 24.4 Å². The summed E-state index contributed by atoms with van der Waals surface area (Å²) in [6.45, 7) is 0. The number of nitrogens with zero attached hydrogens (tertiary/aromatic N) is 1. The molecule has 0 fully saturated rings. The number of phenolic OH excluding ortho intramolecular Hbond substituents is 1. The summed E-state index contributed by atoms with van der Waals surface area (Å²) in [5.74, 6) is -1.17. The third-order valence-electron chi connectivity index (χ3n) is 4.13. The van der Waals surface area contributed by atoms with Crippen molar-refractivity contribution in [1.82, 2.24) is 4.57 Å². The monoisotopic (exact) mass is 366 g/mol. The van der Waals surface area contributed by atoms with Crippen LogP contribution in [0.15, 0.2) is 70.5 Å². The number of aromatic carboxylic acids is 1. The number of hydrogen-bond donors (Lipinski definition) is 3. The highest BCUT2D eigenvalue weighted by atomic mass is 32.2. The number of anilines is 1. The van der Waals surface area contributed by atoms with E-state index in [9.17, 15) is 19.8 Å². The Morgan fingerprint density at radius 1 is 1.12 bits per heavy atom. The molecule has 3 N–H and O–H groups in total. The number of para-hydroxylation sites is 1. The Kier molecular flexibility index (Phi) is 3.93. The predicted octanol–water partition coefficient (Wildman–Crippen LogP) is 3.46. The molecule has 0 bridgehead atoms. The molecule has 130 valence electrons. The molecule has 2 heterocycles. The summed E-state index contributed by atoms with van der Waals surface area (Å²) in [7, 11) is 0. The Hall–Kier alpha value is -3.19. The first-order valence-electron chi connectivity index (χ1n) is 7.84. The first kappa shape index (κ1) is 16.3. The van der Waals surface area contributed by atoms with Crippen LogP contribution in [0.2, 0.25) is 0 Å². The number of benzene rings is 2. The van der Waals surface area contributed by atoms with E-state index in [1.807, 2.05) is 24.3 Å². The van der Waals surface area contributed by atoms with E-state index in [0.717, 1.165) is 10.6 Å². The maximum atomic E-state index is 12.3. The molecule has 3 aromatic rings. The predicted molar refractivity (Wildman–Crippen MR) is 99.3 cm³/mol. The van der Waals surface area contributed by atoms with Gasteiger partial charge in [0, 0.05) is 28.5 Å². The number of fused-ring (bicyclic) bond motifs is 1. The zero-order chi connectivity index (χ0) is 18.3. The number of carbonyl (C=O) groups is 1. The van der Waals surface area contributed by atoms with Crippen LogP contribution in [0.1, 0.15) is 21.4 Å². The van der Waals surface area contributed by atoms with Crippen molar-refractivity contribution in [3.63, 3.8) is 0 Å². The van der Waals surface area contributed by atoms with Gasteiger partial charge >= 0.3 is 5.97 Å². The fourth-order valence-electron chi connectivity index (χ4n) is 2.87. The molecule has 7 heteroatoms. The number of thioether (sulfide) groups is 1. The van der Waals surface area contributed by atoms with Gasteiger partial charge in [0.2, 0.25) is 0 Å². The second-order valence-electron chi connectivity index (χ2n) is 5.81. The van der Waals surface area contributed by atoms with Gasteiger partial charge in [0.05, 0.1) is 5.69 Å². The van der Waals surface area contributed by atoms with Crippen molar-refractivity contribution < 1.29 is 15.0 Å². The van der Waals surface area contributed by atoms with Gasteiger partial charge in [-0.25, -0.2) is 4.79 Å². The van der Waals surface area contributed by atoms with Gasteiger partial charge in [0.1, 0.15) is 16.7 Å². The molecule has 0 aliphatic carbocycles. The van der Waals surface area contributed by atoms with Crippen molar-refractivity contribution >= 4 is 23.4 Å². The molecule has 0 spiro atoms. The lowest BCUT2D eigenvalue weighted by Crippen LogP contribution is -2.21. The standard InChI is InChI=1S/C19H14N2O4S/c22-12-7-5-11(6-8-12)21-10-13(19(24)25)16(23)9-15(21)18-20-14-3-1-2-4-17(14)26-18/h1-10,18,20,22H,(H,24,25). The Bertz CT molecular complexity index is 1030. The Labute approximate surface area is 152 Å². The number of phenols is 1. The zero-order valence-electron chi connectivity index (χ0n) is 13.4. The van der Waals surface area contributed by atoms with Gasteiger partial charge in [-0.15, -0.1) is 0 Å². The largest absolute Gasteiger partial charge is 0.508 e. The van der Waals surface area contributed by atoms with Gasteiger partial charge in [0.25, 0.3) is 0 Å². The molecule has 6 nitrogen and oxygen atoms in total. The summed E-state index contributed by atoms with van der Waals surface area (Å²) in [4.78, 5) is 24.7. The topological polar surface area (TPSA) is 91.6 Å². The number of hydrogen-bond acceptors (Lipinski definition) is 5. The molecule has 26 heavy (non-hydrogen) atoms. The molecule has 0 saturated heterocycles. The van der Waals surface area contributed by atoms with Crippen LogP contribution in [0.4, 0.5) is 5.69 Å². The van der Waals surface area contributed by atoms with Crippen molar-refractivity contribution in [2.45, 2.75) is 10.3 Å². The lowest BCUT2D eigenvalue weighted by atomic mass is 10.2. The summed E-state index contributed by atoms with van der Waals surface area (Å²) in [5, 5.41) is 21.9. The first-order valence-corrected chi connectivity index (χ1v) is 8.72. The SMILES string of the molecule is O=C(O)c1cn(-c2ccc(O)cc2)c(C2Nc3ccccc3S2)cc1=O. The summed E-state index contributed by atoms with van der Waals surface area (Å²) >= 11 is 1.56. The summed E-state index contributed by atoms with van der Waals surface area (Å²) in [6, 6.07) is 15.5. The molecule has 1 atom stereocenters. The molecule has 1 aromatic heterocycles. The van der Waals surface area contributed by atoms with Crippen molar-refractivity contribution in [3.8, 4) is 11.4 Å². The molecule has 0 radical (unpaired) electrons. The van der Waals surface area contributed by atoms with Gasteiger partial charge in [0.15, 0.2) is 5.43 Å². The van der Waals surface area contributed by atoms with E-state index in [0.29, 0.717) is 11.4 Å². The van der Waals surface area contributed by atoms with E-state index >= 15 is 0 Å². The normalized spacial score (nSPS) is 15.3.